The summed E-state index contributed by atoms with van der Waals surface area (Å²) in [5.41, 5.74) is 0. The highest BCUT2D eigenvalue weighted by Gasteiger charge is 2.31. The molecule has 0 amide bonds. The molecule has 1 fully saturated rings. The highest BCUT2D eigenvalue weighted by Crippen LogP contribution is 2.28. The molecule has 1 aromatic heterocycles. The van der Waals surface area contributed by atoms with E-state index < -0.39 is 0 Å². The van der Waals surface area contributed by atoms with E-state index in [2.05, 4.69) is 24.0 Å². The summed E-state index contributed by atoms with van der Waals surface area (Å²) in [4.78, 5) is 15.8. The van der Waals surface area contributed by atoms with Crippen molar-refractivity contribution in [3.05, 3.63) is 11.7 Å². The molecule has 1 atom stereocenters. The Labute approximate surface area is 99.2 Å². The van der Waals surface area contributed by atoms with Crippen LogP contribution in [0.15, 0.2) is 4.52 Å². The monoisotopic (exact) mass is 240 g/mol. The number of nitrogens with zero attached hydrogens (tertiary/aromatic N) is 2. The lowest BCUT2D eigenvalue weighted by atomic mass is 10.1. The Hall–Kier alpha value is -0.840. The summed E-state index contributed by atoms with van der Waals surface area (Å²) in [6, 6.07) is 0. The minimum absolute atomic E-state index is 0.162. The highest BCUT2D eigenvalue weighted by molar-refractivity contribution is 8.00. The lowest BCUT2D eigenvalue weighted by molar-refractivity contribution is -0.117. The molecule has 2 heterocycles. The van der Waals surface area contributed by atoms with Crippen LogP contribution >= 0.6 is 11.8 Å². The maximum absolute atomic E-state index is 11.5. The highest BCUT2D eigenvalue weighted by atomic mass is 32.2. The third kappa shape index (κ3) is 2.64. The minimum Gasteiger partial charge on any atom is -0.339 e. The Morgan fingerprint density at radius 1 is 1.56 bits per heavy atom. The molecular weight excluding hydrogens is 224 g/mol. The second-order valence-electron chi connectivity index (χ2n) is 4.52. The molecule has 1 aromatic rings. The number of hydrogen-bond donors (Lipinski definition) is 0. The second-order valence-corrected chi connectivity index (χ2v) is 5.55. The van der Waals surface area contributed by atoms with Crippen molar-refractivity contribution < 1.29 is 9.32 Å². The van der Waals surface area contributed by atoms with Crippen LogP contribution < -0.4 is 0 Å². The van der Waals surface area contributed by atoms with Gasteiger partial charge in [-0.05, 0) is 12.3 Å². The molecule has 0 bridgehead atoms. The Morgan fingerprint density at radius 2 is 2.38 bits per heavy atom. The zero-order chi connectivity index (χ0) is 11.5. The van der Waals surface area contributed by atoms with Crippen LogP contribution in [0.3, 0.4) is 0 Å². The minimum atomic E-state index is -0.162. The number of rotatable bonds is 4. The molecule has 1 aliphatic rings. The van der Waals surface area contributed by atoms with Gasteiger partial charge < -0.3 is 4.52 Å². The van der Waals surface area contributed by atoms with E-state index in [9.17, 15) is 4.79 Å². The number of hydrogen-bond acceptors (Lipinski definition) is 5. The van der Waals surface area contributed by atoms with Gasteiger partial charge in [0, 0.05) is 12.2 Å². The van der Waals surface area contributed by atoms with E-state index in [1.165, 1.54) is 0 Å². The van der Waals surface area contributed by atoms with Crippen LogP contribution in [0.2, 0.25) is 0 Å². The first-order valence-corrected chi connectivity index (χ1v) is 6.75. The van der Waals surface area contributed by atoms with Gasteiger partial charge in [-0.25, -0.2) is 0 Å². The average Bonchev–Trinajstić information content (AvgIpc) is 2.83. The van der Waals surface area contributed by atoms with Gasteiger partial charge in [0.15, 0.2) is 11.6 Å². The molecule has 0 saturated carbocycles. The molecule has 1 saturated heterocycles. The molecule has 88 valence electrons. The van der Waals surface area contributed by atoms with E-state index >= 15 is 0 Å². The number of thioether (sulfide) groups is 1. The van der Waals surface area contributed by atoms with E-state index in [-0.39, 0.29) is 11.7 Å². The number of aryl methyl sites for hydroxylation is 1. The third-order valence-electron chi connectivity index (χ3n) is 2.64. The first kappa shape index (κ1) is 11.6. The average molecular weight is 240 g/mol. The van der Waals surface area contributed by atoms with Gasteiger partial charge >= 0.3 is 0 Å². The number of Topliss-reactive ketones (excluding diaryl/α,β-unsaturated/α-hetero) is 1. The van der Waals surface area contributed by atoms with Crippen molar-refractivity contribution in [3.8, 4) is 0 Å². The van der Waals surface area contributed by atoms with Gasteiger partial charge in [-0.1, -0.05) is 19.0 Å². The summed E-state index contributed by atoms with van der Waals surface area (Å²) in [7, 11) is 0. The summed E-state index contributed by atoms with van der Waals surface area (Å²) < 4.78 is 5.16. The van der Waals surface area contributed by atoms with Crippen molar-refractivity contribution in [2.45, 2.75) is 32.6 Å². The SMILES string of the molecule is CC(C)CCc1noc(C2CSCC2=O)n1. The molecule has 0 radical (unpaired) electrons. The molecule has 4 nitrogen and oxygen atoms in total. The van der Waals surface area contributed by atoms with Crippen LogP contribution in [0.25, 0.3) is 0 Å². The quantitative estimate of drug-likeness (QED) is 0.806. The molecule has 0 N–H and O–H groups in total. The van der Waals surface area contributed by atoms with Crippen molar-refractivity contribution in [2.75, 3.05) is 11.5 Å². The maximum atomic E-state index is 11.5. The van der Waals surface area contributed by atoms with Crippen LogP contribution in [0.4, 0.5) is 0 Å². The first-order chi connectivity index (χ1) is 7.66. The first-order valence-electron chi connectivity index (χ1n) is 5.59. The predicted molar refractivity (Wildman–Crippen MR) is 62.5 cm³/mol. The third-order valence-corrected chi connectivity index (χ3v) is 3.70. The van der Waals surface area contributed by atoms with Gasteiger partial charge in [-0.15, -0.1) is 0 Å². The summed E-state index contributed by atoms with van der Waals surface area (Å²) in [5, 5.41) is 3.92. The van der Waals surface area contributed by atoms with Gasteiger partial charge in [-0.2, -0.15) is 16.7 Å². The Bertz CT molecular complexity index is 376. The lowest BCUT2D eigenvalue weighted by Gasteiger charge is -1.99. The van der Waals surface area contributed by atoms with E-state index in [1.807, 2.05) is 0 Å². The number of ketones is 1. The number of carbonyl (C=O) groups is 1. The number of aromatic nitrogens is 2. The summed E-state index contributed by atoms with van der Waals surface area (Å²) in [6.07, 6.45) is 1.88. The summed E-state index contributed by atoms with van der Waals surface area (Å²) >= 11 is 1.64. The molecule has 16 heavy (non-hydrogen) atoms. The smallest absolute Gasteiger partial charge is 0.238 e. The fraction of sp³-hybridized carbons (Fsp3) is 0.727. The largest absolute Gasteiger partial charge is 0.339 e. The maximum Gasteiger partial charge on any atom is 0.238 e. The normalized spacial score (nSPS) is 20.9. The van der Waals surface area contributed by atoms with Crippen LogP contribution in [0.5, 0.6) is 0 Å². The molecule has 0 spiro atoms. The van der Waals surface area contributed by atoms with Crippen molar-refractivity contribution in [1.82, 2.24) is 10.1 Å². The van der Waals surface area contributed by atoms with Crippen molar-refractivity contribution in [2.24, 2.45) is 5.92 Å². The van der Waals surface area contributed by atoms with E-state index in [0.717, 1.165) is 24.4 Å². The molecule has 0 aliphatic carbocycles. The topological polar surface area (TPSA) is 56.0 Å². The molecule has 2 rings (SSSR count). The van der Waals surface area contributed by atoms with Crippen LogP contribution in [0.1, 0.15) is 37.9 Å². The summed E-state index contributed by atoms with van der Waals surface area (Å²) in [6.45, 7) is 4.33. The predicted octanol–water partition coefficient (Wildman–Crippen LogP) is 2.06. The van der Waals surface area contributed by atoms with Crippen LogP contribution in [0, 0.1) is 5.92 Å². The molecule has 0 aromatic carbocycles. The van der Waals surface area contributed by atoms with E-state index in [4.69, 9.17) is 4.52 Å². The van der Waals surface area contributed by atoms with E-state index in [0.29, 0.717) is 17.6 Å². The zero-order valence-corrected chi connectivity index (χ0v) is 10.4. The van der Waals surface area contributed by atoms with Gasteiger partial charge in [0.1, 0.15) is 5.92 Å². The zero-order valence-electron chi connectivity index (χ0n) is 9.60. The molecule has 1 aliphatic heterocycles. The lowest BCUT2D eigenvalue weighted by Crippen LogP contribution is -2.09. The molecule has 1 unspecified atom stereocenters. The van der Waals surface area contributed by atoms with Gasteiger partial charge in [0.05, 0.1) is 5.75 Å². The van der Waals surface area contributed by atoms with Gasteiger partial charge in [0.25, 0.3) is 0 Å². The van der Waals surface area contributed by atoms with E-state index in [1.54, 1.807) is 11.8 Å². The molecule has 5 heteroatoms. The Balaban J connectivity index is 1.99. The Kier molecular flexibility index (Phi) is 3.63. The standard InChI is InChI=1S/C11H16N2O2S/c1-7(2)3-4-10-12-11(15-13-10)8-5-16-6-9(8)14/h7-8H,3-6H2,1-2H3. The fourth-order valence-corrected chi connectivity index (χ4v) is 2.69. The van der Waals surface area contributed by atoms with Crippen molar-refractivity contribution in [1.29, 1.82) is 0 Å². The number of carbonyl (C=O) groups excluding carboxylic acids is 1. The van der Waals surface area contributed by atoms with Crippen LogP contribution in [-0.2, 0) is 11.2 Å². The van der Waals surface area contributed by atoms with Crippen molar-refractivity contribution >= 4 is 17.5 Å². The second kappa shape index (κ2) is 4.99. The van der Waals surface area contributed by atoms with Gasteiger partial charge in [0.2, 0.25) is 5.89 Å². The van der Waals surface area contributed by atoms with Gasteiger partial charge in [-0.3, -0.25) is 4.79 Å². The molecular formula is C11H16N2O2S. The fourth-order valence-electron chi connectivity index (χ4n) is 1.61. The van der Waals surface area contributed by atoms with Crippen molar-refractivity contribution in [3.63, 3.8) is 0 Å². The van der Waals surface area contributed by atoms with Crippen LogP contribution in [-0.4, -0.2) is 27.4 Å². The Morgan fingerprint density at radius 3 is 3.00 bits per heavy atom. The summed E-state index contributed by atoms with van der Waals surface area (Å²) in [5.74, 6) is 3.28.